The lowest BCUT2D eigenvalue weighted by molar-refractivity contribution is 0.310. The van der Waals surface area contributed by atoms with Gasteiger partial charge in [0.25, 0.3) is 0 Å². The van der Waals surface area contributed by atoms with Crippen LogP contribution in [0.2, 0.25) is 0 Å². The summed E-state index contributed by atoms with van der Waals surface area (Å²) in [7, 11) is 0. The Labute approximate surface area is 131 Å². The molecular formula is C13H17N7OS. The van der Waals surface area contributed by atoms with Crippen molar-refractivity contribution in [1.82, 2.24) is 24.8 Å². The van der Waals surface area contributed by atoms with Gasteiger partial charge in [0.1, 0.15) is 5.52 Å². The van der Waals surface area contributed by atoms with Gasteiger partial charge in [-0.2, -0.15) is 11.8 Å². The van der Waals surface area contributed by atoms with E-state index in [0.29, 0.717) is 11.5 Å². The number of hydrogen-bond acceptors (Lipinski definition) is 8. The molecule has 9 heteroatoms. The number of fused-ring (bicyclic) bond motifs is 1. The van der Waals surface area contributed by atoms with Crippen LogP contribution in [0, 0.1) is 0 Å². The van der Waals surface area contributed by atoms with Crippen molar-refractivity contribution >= 4 is 34.3 Å². The molecule has 0 unspecified atom stereocenters. The predicted octanol–water partition coefficient (Wildman–Crippen LogP) is 1.86. The Hall–Kier alpha value is -2.29. The van der Waals surface area contributed by atoms with Crippen molar-refractivity contribution in [2.45, 2.75) is 13.5 Å². The average molecular weight is 319 g/mol. The van der Waals surface area contributed by atoms with Crippen molar-refractivity contribution in [3.05, 3.63) is 12.4 Å². The number of rotatable bonds is 6. The van der Waals surface area contributed by atoms with E-state index in [0.717, 1.165) is 35.6 Å². The normalized spacial score (nSPS) is 11.2. The molecular weight excluding hydrogens is 302 g/mol. The Morgan fingerprint density at radius 2 is 2.23 bits per heavy atom. The lowest BCUT2D eigenvalue weighted by Gasteiger charge is -2.09. The quantitative estimate of drug-likeness (QED) is 0.663. The number of nitrogen functional groups attached to an aromatic ring is 1. The molecule has 0 aliphatic carbocycles. The number of anilines is 2. The van der Waals surface area contributed by atoms with Gasteiger partial charge >= 0.3 is 0 Å². The molecule has 8 nitrogen and oxygen atoms in total. The molecule has 116 valence electrons. The van der Waals surface area contributed by atoms with E-state index in [2.05, 4.69) is 31.9 Å². The number of imidazole rings is 1. The standard InChI is InChI=1S/C13H17N7OS/c1-3-20-11-8(16-4-5-22-2)6-15-7-9(11)17-13(20)10-12(14)19-21-18-10/h6-7,16H,3-5H2,1-2H3,(H2,14,19). The number of nitrogens with zero attached hydrogens (tertiary/aromatic N) is 5. The van der Waals surface area contributed by atoms with Crippen LogP contribution in [0.1, 0.15) is 6.92 Å². The molecule has 3 heterocycles. The molecule has 0 atom stereocenters. The van der Waals surface area contributed by atoms with E-state index >= 15 is 0 Å². The summed E-state index contributed by atoms with van der Waals surface area (Å²) >= 11 is 1.79. The minimum absolute atomic E-state index is 0.231. The van der Waals surface area contributed by atoms with Crippen LogP contribution in [0.5, 0.6) is 0 Å². The highest BCUT2D eigenvalue weighted by Crippen LogP contribution is 2.30. The Balaban J connectivity index is 2.12. The van der Waals surface area contributed by atoms with Crippen LogP contribution in [-0.2, 0) is 6.54 Å². The minimum Gasteiger partial charge on any atom is -0.381 e. The molecule has 3 aromatic heterocycles. The Morgan fingerprint density at radius 1 is 1.36 bits per heavy atom. The highest BCUT2D eigenvalue weighted by Gasteiger charge is 2.20. The highest BCUT2D eigenvalue weighted by atomic mass is 32.2. The first-order chi connectivity index (χ1) is 10.8. The highest BCUT2D eigenvalue weighted by molar-refractivity contribution is 7.98. The third-order valence-corrected chi connectivity index (χ3v) is 3.93. The first kappa shape index (κ1) is 14.6. The van der Waals surface area contributed by atoms with Crippen LogP contribution in [0.3, 0.4) is 0 Å². The smallest absolute Gasteiger partial charge is 0.199 e. The zero-order chi connectivity index (χ0) is 15.5. The summed E-state index contributed by atoms with van der Waals surface area (Å²) in [6.45, 7) is 3.62. The lowest BCUT2D eigenvalue weighted by atomic mass is 10.3. The van der Waals surface area contributed by atoms with Gasteiger partial charge in [0.2, 0.25) is 0 Å². The van der Waals surface area contributed by atoms with Crippen molar-refractivity contribution < 1.29 is 4.63 Å². The fourth-order valence-corrected chi connectivity index (χ4v) is 2.65. The molecule has 0 aromatic carbocycles. The van der Waals surface area contributed by atoms with Gasteiger partial charge in [0, 0.05) is 18.8 Å². The number of thioether (sulfide) groups is 1. The van der Waals surface area contributed by atoms with Crippen LogP contribution in [-0.4, -0.2) is 43.4 Å². The molecule has 0 aliphatic rings. The van der Waals surface area contributed by atoms with Crippen molar-refractivity contribution in [2.24, 2.45) is 0 Å². The van der Waals surface area contributed by atoms with Crippen molar-refractivity contribution in [3.8, 4) is 11.5 Å². The predicted molar refractivity (Wildman–Crippen MR) is 87.8 cm³/mol. The number of hydrogen-bond donors (Lipinski definition) is 2. The Kier molecular flexibility index (Phi) is 4.14. The second kappa shape index (κ2) is 6.22. The summed E-state index contributed by atoms with van der Waals surface area (Å²) < 4.78 is 6.73. The summed E-state index contributed by atoms with van der Waals surface area (Å²) in [5.41, 5.74) is 8.97. The van der Waals surface area contributed by atoms with Gasteiger partial charge in [-0.25, -0.2) is 9.61 Å². The second-order valence-electron chi connectivity index (χ2n) is 4.65. The van der Waals surface area contributed by atoms with Crippen LogP contribution in [0.4, 0.5) is 11.5 Å². The fraction of sp³-hybridized carbons (Fsp3) is 0.385. The second-order valence-corrected chi connectivity index (χ2v) is 5.64. The molecule has 0 saturated carbocycles. The van der Waals surface area contributed by atoms with Crippen molar-refractivity contribution in [1.29, 1.82) is 0 Å². The third-order valence-electron chi connectivity index (χ3n) is 3.31. The average Bonchev–Trinajstić information content (AvgIpc) is 3.10. The SMILES string of the molecule is CCn1c(-c2nonc2N)nc2cncc(NCCSC)c21. The van der Waals surface area contributed by atoms with E-state index < -0.39 is 0 Å². The fourth-order valence-electron chi connectivity index (χ4n) is 2.34. The van der Waals surface area contributed by atoms with E-state index in [1.165, 1.54) is 0 Å². The summed E-state index contributed by atoms with van der Waals surface area (Å²) in [5, 5.41) is 10.9. The van der Waals surface area contributed by atoms with Gasteiger partial charge < -0.3 is 15.6 Å². The number of nitrogens with one attached hydrogen (secondary N) is 1. The van der Waals surface area contributed by atoms with Crippen LogP contribution in [0.25, 0.3) is 22.6 Å². The van der Waals surface area contributed by atoms with Crippen LogP contribution < -0.4 is 11.1 Å². The maximum absolute atomic E-state index is 5.80. The summed E-state index contributed by atoms with van der Waals surface area (Å²) in [4.78, 5) is 8.84. The first-order valence-corrected chi connectivity index (χ1v) is 8.31. The first-order valence-electron chi connectivity index (χ1n) is 6.91. The molecule has 3 N–H and O–H groups in total. The molecule has 0 saturated heterocycles. The Bertz CT molecular complexity index is 782. The van der Waals surface area contributed by atoms with E-state index in [1.54, 1.807) is 18.0 Å². The van der Waals surface area contributed by atoms with E-state index in [9.17, 15) is 0 Å². The van der Waals surface area contributed by atoms with Gasteiger partial charge in [-0.1, -0.05) is 0 Å². The zero-order valence-electron chi connectivity index (χ0n) is 12.4. The molecule has 0 fully saturated rings. The van der Waals surface area contributed by atoms with Crippen LogP contribution >= 0.6 is 11.8 Å². The van der Waals surface area contributed by atoms with E-state index in [4.69, 9.17) is 10.4 Å². The molecule has 0 radical (unpaired) electrons. The van der Waals surface area contributed by atoms with Crippen molar-refractivity contribution in [3.63, 3.8) is 0 Å². The van der Waals surface area contributed by atoms with E-state index in [-0.39, 0.29) is 5.82 Å². The summed E-state index contributed by atoms with van der Waals surface area (Å²) in [5.74, 6) is 1.89. The molecule has 3 aromatic rings. The molecule has 0 aliphatic heterocycles. The third kappa shape index (κ3) is 2.47. The maximum Gasteiger partial charge on any atom is 0.199 e. The molecule has 3 rings (SSSR count). The molecule has 0 spiro atoms. The van der Waals surface area contributed by atoms with E-state index in [1.807, 2.05) is 17.7 Å². The largest absolute Gasteiger partial charge is 0.381 e. The minimum atomic E-state index is 0.231. The van der Waals surface area contributed by atoms with Gasteiger partial charge in [-0.15, -0.1) is 0 Å². The number of aryl methyl sites for hydroxylation is 1. The number of aromatic nitrogens is 5. The van der Waals surface area contributed by atoms with Gasteiger partial charge in [-0.3, -0.25) is 4.98 Å². The van der Waals surface area contributed by atoms with Crippen molar-refractivity contribution in [2.75, 3.05) is 29.6 Å². The zero-order valence-corrected chi connectivity index (χ0v) is 13.2. The van der Waals surface area contributed by atoms with Gasteiger partial charge in [0.15, 0.2) is 17.3 Å². The summed E-state index contributed by atoms with van der Waals surface area (Å²) in [6, 6.07) is 0. The number of pyridine rings is 1. The molecule has 0 amide bonds. The molecule has 0 bridgehead atoms. The monoisotopic (exact) mass is 319 g/mol. The summed E-state index contributed by atoms with van der Waals surface area (Å²) in [6.07, 6.45) is 5.62. The topological polar surface area (TPSA) is 108 Å². The molecule has 22 heavy (non-hydrogen) atoms. The maximum atomic E-state index is 5.80. The lowest BCUT2D eigenvalue weighted by Crippen LogP contribution is -2.07. The van der Waals surface area contributed by atoms with Gasteiger partial charge in [-0.05, 0) is 23.5 Å². The van der Waals surface area contributed by atoms with Gasteiger partial charge in [0.05, 0.1) is 23.6 Å². The van der Waals surface area contributed by atoms with Crippen LogP contribution in [0.15, 0.2) is 17.0 Å². The number of nitrogens with two attached hydrogens (primary N) is 1. The Morgan fingerprint density at radius 3 is 2.91 bits per heavy atom.